The van der Waals surface area contributed by atoms with Crippen molar-refractivity contribution < 1.29 is 28.7 Å². The molecule has 0 spiro atoms. The second kappa shape index (κ2) is 19.1. The summed E-state index contributed by atoms with van der Waals surface area (Å²) in [6, 6.07) is 48.5. The van der Waals surface area contributed by atoms with Crippen LogP contribution in [0, 0.1) is 0 Å². The Kier molecular flexibility index (Phi) is 12.7. The van der Waals surface area contributed by atoms with Gasteiger partial charge in [0, 0.05) is 27.9 Å². The molecule has 6 aromatic rings. The minimum atomic E-state index is -0.953. The Hall–Kier alpha value is -6.19. The van der Waals surface area contributed by atoms with Gasteiger partial charge in [-0.3, -0.25) is 14.5 Å². The lowest BCUT2D eigenvalue weighted by Crippen LogP contribution is -2.71. The first kappa shape index (κ1) is 42.1. The van der Waals surface area contributed by atoms with E-state index in [1.807, 2.05) is 115 Å². The molecule has 14 heteroatoms. The van der Waals surface area contributed by atoms with Crippen LogP contribution in [0.25, 0.3) is 0 Å². The van der Waals surface area contributed by atoms with Crippen molar-refractivity contribution in [1.29, 1.82) is 0 Å². The standard InChI is InChI=1S/C49H43N5O6S3/c1-58-53-40(38-30-62-48(50-38)52-49(34-21-11-4-12-22-34,35-23-13-5-14-24-35)36-25-15-6-16-26-36)44(55)51-41-45(56)54-42(39(31-61-46(41)54)63-37-27-28-59-29-37)47(57)60-43(32-17-7-2-8-18-32)33-19-9-3-10-20-33/h2-26,30,37,41,43,46H,27-29,31H2,1H3,(H,50,52)(H,51,55)/b53-40-. The maximum Gasteiger partial charge on any atom is 0.356 e. The molecule has 2 amide bonds. The Morgan fingerprint density at radius 1 is 0.841 bits per heavy atom. The first-order chi connectivity index (χ1) is 30.9. The lowest BCUT2D eigenvalue weighted by atomic mass is 9.77. The Bertz CT molecular complexity index is 2470. The molecular formula is C49H43N5O6S3. The molecule has 4 heterocycles. The van der Waals surface area contributed by atoms with Gasteiger partial charge in [0.25, 0.3) is 11.8 Å². The number of hydrogen-bond acceptors (Lipinski definition) is 12. The molecule has 3 aliphatic heterocycles. The minimum Gasteiger partial charge on any atom is -0.448 e. The lowest BCUT2D eigenvalue weighted by molar-refractivity contribution is -0.154. The number of ether oxygens (including phenoxy) is 2. The molecule has 0 aliphatic carbocycles. The number of amides is 2. The number of oxime groups is 1. The van der Waals surface area contributed by atoms with Crippen LogP contribution in [-0.4, -0.2) is 76.1 Å². The van der Waals surface area contributed by atoms with Gasteiger partial charge in [-0.15, -0.1) is 34.9 Å². The van der Waals surface area contributed by atoms with Crippen LogP contribution in [0.1, 0.15) is 46.0 Å². The highest BCUT2D eigenvalue weighted by Crippen LogP contribution is 2.46. The molecule has 3 aliphatic rings. The van der Waals surface area contributed by atoms with Crippen LogP contribution in [0.5, 0.6) is 0 Å². The van der Waals surface area contributed by atoms with Gasteiger partial charge in [-0.2, -0.15) is 0 Å². The summed E-state index contributed by atoms with van der Waals surface area (Å²) in [6.07, 6.45) is 0.117. The molecule has 0 radical (unpaired) electrons. The van der Waals surface area contributed by atoms with Crippen molar-refractivity contribution >= 4 is 63.5 Å². The van der Waals surface area contributed by atoms with Gasteiger partial charge in [0.2, 0.25) is 0 Å². The predicted molar refractivity (Wildman–Crippen MR) is 248 cm³/mol. The molecular weight excluding hydrogens is 851 g/mol. The number of thioether (sulfide) groups is 2. The largest absolute Gasteiger partial charge is 0.448 e. The van der Waals surface area contributed by atoms with E-state index in [0.29, 0.717) is 24.1 Å². The molecule has 0 bridgehead atoms. The fourth-order valence-electron chi connectivity index (χ4n) is 8.11. The number of esters is 1. The zero-order valence-corrected chi connectivity index (χ0v) is 36.6. The van der Waals surface area contributed by atoms with E-state index in [2.05, 4.69) is 52.2 Å². The van der Waals surface area contributed by atoms with E-state index in [-0.39, 0.29) is 22.4 Å². The van der Waals surface area contributed by atoms with Gasteiger partial charge in [0.05, 0.1) is 6.61 Å². The number of thiazole rings is 1. The third-order valence-electron chi connectivity index (χ3n) is 11.1. The topological polar surface area (TPSA) is 131 Å². The van der Waals surface area contributed by atoms with Crippen molar-refractivity contribution in [2.45, 2.75) is 34.7 Å². The molecule has 2 saturated heterocycles. The number of nitrogens with zero attached hydrogens (tertiary/aromatic N) is 3. The average Bonchev–Trinajstić information content (AvgIpc) is 4.04. The normalized spacial score (nSPS) is 18.7. The molecule has 318 valence electrons. The number of β-lactam (4-membered cyclic amide) rings is 1. The van der Waals surface area contributed by atoms with E-state index in [4.69, 9.17) is 19.3 Å². The van der Waals surface area contributed by atoms with Crippen molar-refractivity contribution in [3.05, 3.63) is 201 Å². The van der Waals surface area contributed by atoms with Crippen molar-refractivity contribution in [3.8, 4) is 0 Å². The van der Waals surface area contributed by atoms with Crippen LogP contribution in [0.4, 0.5) is 5.13 Å². The maximum atomic E-state index is 14.5. The average molecular weight is 894 g/mol. The summed E-state index contributed by atoms with van der Waals surface area (Å²) in [5.74, 6) is -1.24. The van der Waals surface area contributed by atoms with Crippen molar-refractivity contribution in [2.24, 2.45) is 5.16 Å². The van der Waals surface area contributed by atoms with Crippen LogP contribution in [0.3, 0.4) is 0 Å². The fourth-order valence-corrected chi connectivity index (χ4v) is 11.6. The van der Waals surface area contributed by atoms with Crippen LogP contribution < -0.4 is 10.6 Å². The van der Waals surface area contributed by atoms with Crippen LogP contribution in [0.2, 0.25) is 0 Å². The van der Waals surface area contributed by atoms with Crippen LogP contribution in [0.15, 0.2) is 173 Å². The highest BCUT2D eigenvalue weighted by Gasteiger charge is 2.55. The van der Waals surface area contributed by atoms with Gasteiger partial charge in [-0.05, 0) is 34.2 Å². The minimum absolute atomic E-state index is 0.0974. The van der Waals surface area contributed by atoms with E-state index in [9.17, 15) is 14.4 Å². The van der Waals surface area contributed by atoms with Gasteiger partial charge >= 0.3 is 5.97 Å². The predicted octanol–water partition coefficient (Wildman–Crippen LogP) is 8.36. The number of aromatic nitrogens is 1. The molecule has 2 N–H and O–H groups in total. The first-order valence-electron chi connectivity index (χ1n) is 20.5. The van der Waals surface area contributed by atoms with Gasteiger partial charge in [-0.1, -0.05) is 157 Å². The maximum absolute atomic E-state index is 14.5. The summed E-state index contributed by atoms with van der Waals surface area (Å²) in [5.41, 5.74) is 4.09. The molecule has 3 atom stereocenters. The fraction of sp³-hybridized carbons (Fsp3) is 0.204. The Balaban J connectivity index is 0.976. The summed E-state index contributed by atoms with van der Waals surface area (Å²) in [5, 5.41) is 12.6. The Labute approximate surface area is 377 Å². The van der Waals surface area contributed by atoms with E-state index in [1.165, 1.54) is 35.1 Å². The van der Waals surface area contributed by atoms with Crippen LogP contribution >= 0.6 is 34.9 Å². The second-order valence-corrected chi connectivity index (χ2v) is 18.3. The first-order valence-corrected chi connectivity index (χ1v) is 23.3. The molecule has 0 saturated carbocycles. The number of carbonyl (C=O) groups is 3. The van der Waals surface area contributed by atoms with Crippen LogP contribution in [-0.2, 0) is 34.2 Å². The van der Waals surface area contributed by atoms with Gasteiger partial charge < -0.3 is 24.9 Å². The number of carbonyl (C=O) groups excluding carboxylic acids is 3. The number of anilines is 1. The Morgan fingerprint density at radius 3 is 1.92 bits per heavy atom. The third-order valence-corrected chi connectivity index (χ3v) is 14.6. The summed E-state index contributed by atoms with van der Waals surface area (Å²) >= 11 is 4.36. The third kappa shape index (κ3) is 8.63. The van der Waals surface area contributed by atoms with Gasteiger partial charge in [0.15, 0.2) is 16.9 Å². The monoisotopic (exact) mass is 893 g/mol. The highest BCUT2D eigenvalue weighted by atomic mass is 32.2. The summed E-state index contributed by atoms with van der Waals surface area (Å²) < 4.78 is 12.0. The molecule has 5 aromatic carbocycles. The zero-order valence-electron chi connectivity index (χ0n) is 34.2. The van der Waals surface area contributed by atoms with Gasteiger partial charge in [-0.25, -0.2) is 9.78 Å². The molecule has 1 aromatic heterocycles. The number of hydrogen-bond donors (Lipinski definition) is 2. The molecule has 9 rings (SSSR count). The second-order valence-electron chi connectivity index (χ2n) is 15.0. The zero-order chi connectivity index (χ0) is 43.2. The van der Waals surface area contributed by atoms with E-state index < -0.39 is 40.8 Å². The van der Waals surface area contributed by atoms with E-state index in [1.54, 1.807) is 17.1 Å². The van der Waals surface area contributed by atoms with Crippen molar-refractivity contribution in [3.63, 3.8) is 0 Å². The van der Waals surface area contributed by atoms with Crippen molar-refractivity contribution in [1.82, 2.24) is 15.2 Å². The summed E-state index contributed by atoms with van der Waals surface area (Å²) in [7, 11) is 1.35. The molecule has 2 fully saturated rings. The molecule has 63 heavy (non-hydrogen) atoms. The summed E-state index contributed by atoms with van der Waals surface area (Å²) in [4.78, 5) is 55.3. The Morgan fingerprint density at radius 2 is 1.40 bits per heavy atom. The smallest absolute Gasteiger partial charge is 0.356 e. The number of rotatable bonds is 15. The lowest BCUT2D eigenvalue weighted by Gasteiger charge is -2.49. The summed E-state index contributed by atoms with van der Waals surface area (Å²) in [6.45, 7) is 1.19. The number of fused-ring (bicyclic) bond motifs is 1. The van der Waals surface area contributed by atoms with Crippen molar-refractivity contribution in [2.75, 3.05) is 31.4 Å². The highest BCUT2D eigenvalue weighted by molar-refractivity contribution is 8.06. The van der Waals surface area contributed by atoms with E-state index >= 15 is 0 Å². The SMILES string of the molecule is CO/N=C(\C(=O)NC1C(=O)N2C(C(=O)OC(c3ccccc3)c3ccccc3)=C(SC3CCOC3)CSC12)c1csc(NC(c2ccccc2)(c2ccccc2)c2ccccc2)n1. The molecule has 3 unspecified atom stereocenters. The quantitative estimate of drug-likeness (QED) is 0.0341. The molecule has 11 nitrogen and oxygen atoms in total. The van der Waals surface area contributed by atoms with E-state index in [0.717, 1.165) is 39.1 Å². The number of benzene rings is 5. The van der Waals surface area contributed by atoms with Gasteiger partial charge in [0.1, 0.15) is 35.5 Å². The number of nitrogens with one attached hydrogen (secondary N) is 2.